The summed E-state index contributed by atoms with van der Waals surface area (Å²) in [6.07, 6.45) is 6.25. The van der Waals surface area contributed by atoms with Crippen LogP contribution in [-0.4, -0.2) is 114 Å². The molecule has 4 N–H and O–H groups in total. The van der Waals surface area contributed by atoms with E-state index in [-0.39, 0.29) is 74.5 Å². The topological polar surface area (TPSA) is 197 Å². The highest BCUT2D eigenvalue weighted by Crippen LogP contribution is 2.38. The highest BCUT2D eigenvalue weighted by molar-refractivity contribution is 7.80. The second-order valence-electron chi connectivity index (χ2n) is 15.3. The molecule has 0 spiro atoms. The fourth-order valence-corrected chi connectivity index (χ4v) is 8.98. The van der Waals surface area contributed by atoms with Gasteiger partial charge < -0.3 is 39.5 Å². The molecule has 0 aliphatic carbocycles. The summed E-state index contributed by atoms with van der Waals surface area (Å²) in [5.41, 5.74) is 10.9. The van der Waals surface area contributed by atoms with Crippen LogP contribution in [0.1, 0.15) is 64.4 Å². The Morgan fingerprint density at radius 3 is 2.35 bits per heavy atom. The maximum atomic E-state index is 13.2. The lowest BCUT2D eigenvalue weighted by molar-refractivity contribution is -0.136. The Hall–Kier alpha value is -6.05. The minimum atomic E-state index is -1.06. The molecule has 2 saturated heterocycles. The first-order chi connectivity index (χ1) is 30.7. The minimum absolute atomic E-state index is 0.0388. The fraction of sp³-hybridized carbons (Fsp3) is 0.356. The largest absolute Gasteiger partial charge is 0.490 e. The third kappa shape index (κ3) is 9.95. The molecule has 3 aliphatic rings. The van der Waals surface area contributed by atoms with Gasteiger partial charge >= 0.3 is 0 Å². The number of hydrogen-bond donors (Lipinski definition) is 3. The molecule has 2 aromatic heterocycles. The van der Waals surface area contributed by atoms with E-state index in [9.17, 15) is 24.0 Å². The number of hydrogen-bond acceptors (Lipinski definition) is 13. The Bertz CT molecular complexity index is 2520. The van der Waals surface area contributed by atoms with E-state index in [2.05, 4.69) is 43.4 Å². The number of piperidine rings is 2. The number of imide groups is 2. The number of amides is 5. The average molecular weight is 894 g/mol. The predicted octanol–water partition coefficient (Wildman–Crippen LogP) is 5.10. The van der Waals surface area contributed by atoms with E-state index in [4.69, 9.17) is 36.9 Å². The summed E-state index contributed by atoms with van der Waals surface area (Å²) in [5, 5.41) is 9.36. The zero-order valence-electron chi connectivity index (χ0n) is 34.4. The second kappa shape index (κ2) is 20.0. The van der Waals surface area contributed by atoms with Crippen LogP contribution in [0.25, 0.3) is 22.0 Å². The van der Waals surface area contributed by atoms with Gasteiger partial charge in [0.1, 0.15) is 23.4 Å². The molecule has 5 heterocycles. The lowest BCUT2D eigenvalue weighted by Gasteiger charge is -2.33. The zero-order chi connectivity index (χ0) is 43.9. The molecule has 0 saturated carbocycles. The highest BCUT2D eigenvalue weighted by Gasteiger charge is 2.46. The first-order valence-corrected chi connectivity index (χ1v) is 22.1. The number of thiocarbonyl (C=S) groups is 1. The van der Waals surface area contributed by atoms with Gasteiger partial charge in [-0.2, -0.15) is 0 Å². The number of fused-ring (bicyclic) bond motifs is 2. The number of thiazole rings is 1. The molecule has 3 aromatic carbocycles. The van der Waals surface area contributed by atoms with E-state index >= 15 is 0 Å². The van der Waals surface area contributed by atoms with Crippen LogP contribution in [0.5, 0.6) is 5.75 Å². The Morgan fingerprint density at radius 1 is 0.873 bits per heavy atom. The molecule has 3 aliphatic heterocycles. The Morgan fingerprint density at radius 2 is 1.62 bits per heavy atom. The van der Waals surface area contributed by atoms with E-state index < -0.39 is 29.7 Å². The molecule has 16 nitrogen and oxygen atoms in total. The van der Waals surface area contributed by atoms with Crippen molar-refractivity contribution in [3.8, 4) is 16.9 Å². The van der Waals surface area contributed by atoms with Crippen LogP contribution in [0.4, 0.5) is 10.8 Å². The third-order valence-corrected chi connectivity index (χ3v) is 12.3. The van der Waals surface area contributed by atoms with Crippen LogP contribution in [0.2, 0.25) is 0 Å². The molecular formula is C45H47N7O9S2. The molecule has 2 fully saturated rings. The number of nitrogens with two attached hydrogens (primary N) is 1. The molecule has 18 heteroatoms. The Balaban J connectivity index is 0.753. The molecular weight excluding hydrogens is 847 g/mol. The monoisotopic (exact) mass is 893 g/mol. The zero-order valence-corrected chi connectivity index (χ0v) is 36.0. The average Bonchev–Trinajstić information content (AvgIpc) is 4.02. The maximum absolute atomic E-state index is 13.2. The third-order valence-electron chi connectivity index (χ3n) is 11.3. The quantitative estimate of drug-likeness (QED) is 0.0564. The van der Waals surface area contributed by atoms with Gasteiger partial charge in [0.2, 0.25) is 17.7 Å². The van der Waals surface area contributed by atoms with Gasteiger partial charge in [-0.3, -0.25) is 34.2 Å². The predicted molar refractivity (Wildman–Crippen MR) is 240 cm³/mol. The SMILES string of the molecule is NC(=S)c1cccc(-c2cn(C3CCN(c4nccs4)CC3)c3cc(NC(=O)CCOCCOCCOCCOc4cccc5c4C(=O)N(C4CCC(=O)NC4=O)C5=O)ccc23)c1. The van der Waals surface area contributed by atoms with Crippen LogP contribution in [0, 0.1) is 0 Å². The molecule has 1 unspecified atom stereocenters. The van der Waals surface area contributed by atoms with E-state index in [0.29, 0.717) is 30.5 Å². The van der Waals surface area contributed by atoms with Crippen molar-refractivity contribution in [3.05, 3.63) is 95.1 Å². The number of anilines is 2. The van der Waals surface area contributed by atoms with E-state index in [1.54, 1.807) is 23.5 Å². The summed E-state index contributed by atoms with van der Waals surface area (Å²) in [6, 6.07) is 17.9. The van der Waals surface area contributed by atoms with Gasteiger partial charge in [-0.25, -0.2) is 4.98 Å². The number of carbonyl (C=O) groups is 5. The van der Waals surface area contributed by atoms with Gasteiger partial charge in [-0.1, -0.05) is 42.5 Å². The van der Waals surface area contributed by atoms with Crippen LogP contribution >= 0.6 is 23.6 Å². The van der Waals surface area contributed by atoms with Gasteiger partial charge in [0.15, 0.2) is 5.13 Å². The summed E-state index contributed by atoms with van der Waals surface area (Å²) in [4.78, 5) is 71.3. The minimum Gasteiger partial charge on any atom is -0.490 e. The summed E-state index contributed by atoms with van der Waals surface area (Å²) in [6.45, 7) is 3.55. The van der Waals surface area contributed by atoms with E-state index in [1.165, 1.54) is 6.07 Å². The Kier molecular flexibility index (Phi) is 13.8. The highest BCUT2D eigenvalue weighted by atomic mass is 32.1. The molecule has 8 rings (SSSR count). The lowest BCUT2D eigenvalue weighted by Crippen LogP contribution is -2.54. The van der Waals surface area contributed by atoms with Gasteiger partial charge in [0.25, 0.3) is 11.8 Å². The first-order valence-electron chi connectivity index (χ1n) is 20.9. The molecule has 1 atom stereocenters. The number of nitrogens with one attached hydrogen (secondary N) is 2. The second-order valence-corrected chi connectivity index (χ2v) is 16.6. The van der Waals surface area contributed by atoms with Crippen molar-refractivity contribution in [1.82, 2.24) is 19.8 Å². The standard InChI is InChI=1S/C45H47N7O9S2/c46-41(62)29-4-1-3-28(25-29)34-27-51(31-11-15-50(16-12-31)45-47-14-24-63-45)36-26-30(7-8-32(34)36)48-39(54)13-17-58-18-19-59-20-21-60-22-23-61-37-6-2-5-33-40(37)44(57)52(43(33)56)35-9-10-38(53)49-42(35)55/h1-8,14,24-27,31,35H,9-13,15-23H2,(H2,46,62)(H,48,54)(H,49,53,55). The van der Waals surface area contributed by atoms with Crippen molar-refractivity contribution in [2.75, 3.05) is 69.6 Å². The number of nitrogens with zero attached hydrogens (tertiary/aromatic N) is 4. The Labute approximate surface area is 372 Å². The maximum Gasteiger partial charge on any atom is 0.266 e. The smallest absolute Gasteiger partial charge is 0.266 e. The van der Waals surface area contributed by atoms with Crippen molar-refractivity contribution in [2.45, 2.75) is 44.2 Å². The van der Waals surface area contributed by atoms with Gasteiger partial charge in [-0.05, 0) is 55.2 Å². The summed E-state index contributed by atoms with van der Waals surface area (Å²) in [5.74, 6) is -2.29. The van der Waals surface area contributed by atoms with Crippen molar-refractivity contribution in [1.29, 1.82) is 0 Å². The van der Waals surface area contributed by atoms with Gasteiger partial charge in [0, 0.05) is 65.5 Å². The molecule has 328 valence electrons. The van der Waals surface area contributed by atoms with Crippen LogP contribution < -0.4 is 26.0 Å². The van der Waals surface area contributed by atoms with Crippen LogP contribution in [0.3, 0.4) is 0 Å². The number of ether oxygens (including phenoxy) is 4. The van der Waals surface area contributed by atoms with E-state index in [0.717, 1.165) is 63.6 Å². The summed E-state index contributed by atoms with van der Waals surface area (Å²) >= 11 is 6.93. The van der Waals surface area contributed by atoms with Crippen molar-refractivity contribution < 1.29 is 42.9 Å². The number of rotatable bonds is 19. The van der Waals surface area contributed by atoms with E-state index in [1.807, 2.05) is 41.9 Å². The molecule has 0 radical (unpaired) electrons. The summed E-state index contributed by atoms with van der Waals surface area (Å²) in [7, 11) is 0. The van der Waals surface area contributed by atoms with Crippen molar-refractivity contribution >= 4 is 79.8 Å². The fourth-order valence-electron chi connectivity index (χ4n) is 8.15. The summed E-state index contributed by atoms with van der Waals surface area (Å²) < 4.78 is 25.0. The van der Waals surface area contributed by atoms with Crippen LogP contribution in [0.15, 0.2) is 78.4 Å². The van der Waals surface area contributed by atoms with Crippen molar-refractivity contribution in [3.63, 3.8) is 0 Å². The van der Waals surface area contributed by atoms with Gasteiger partial charge in [-0.15, -0.1) is 11.3 Å². The normalized spacial score (nSPS) is 16.7. The molecule has 5 aromatic rings. The van der Waals surface area contributed by atoms with Crippen LogP contribution in [-0.2, 0) is 28.6 Å². The molecule has 63 heavy (non-hydrogen) atoms. The van der Waals surface area contributed by atoms with Gasteiger partial charge in [0.05, 0.1) is 62.7 Å². The molecule has 5 amide bonds. The first kappa shape index (κ1) is 43.6. The number of benzene rings is 3. The molecule has 0 bridgehead atoms. The van der Waals surface area contributed by atoms with Crippen molar-refractivity contribution in [2.24, 2.45) is 5.73 Å². The number of carbonyl (C=O) groups excluding carboxylic acids is 5. The lowest BCUT2D eigenvalue weighted by atomic mass is 10.0. The number of aromatic nitrogens is 2.